The van der Waals surface area contributed by atoms with E-state index in [0.29, 0.717) is 23.6 Å². The van der Waals surface area contributed by atoms with E-state index >= 15 is 0 Å². The summed E-state index contributed by atoms with van der Waals surface area (Å²) in [7, 11) is 1.46. The highest BCUT2D eigenvalue weighted by atomic mass is 19.1. The summed E-state index contributed by atoms with van der Waals surface area (Å²) in [6.45, 7) is 3.61. The van der Waals surface area contributed by atoms with Crippen LogP contribution in [0.25, 0.3) is 0 Å². The van der Waals surface area contributed by atoms with Gasteiger partial charge in [-0.2, -0.15) is 0 Å². The summed E-state index contributed by atoms with van der Waals surface area (Å²) in [5.41, 5.74) is 5.65. The van der Waals surface area contributed by atoms with Crippen LogP contribution in [0.4, 0.5) is 10.1 Å². The Kier molecular flexibility index (Phi) is 4.93. The van der Waals surface area contributed by atoms with Crippen LogP contribution in [0.1, 0.15) is 36.3 Å². The van der Waals surface area contributed by atoms with Crippen LogP contribution in [0.5, 0.6) is 5.88 Å². The maximum atomic E-state index is 14.5. The molecule has 3 rings (SSSR count). The number of nitrogens with zero attached hydrogens (tertiary/aromatic N) is 3. The molecule has 8 nitrogen and oxygen atoms in total. The molecular weight excluding hydrogens is 353 g/mol. The fourth-order valence-corrected chi connectivity index (χ4v) is 3.04. The molecule has 2 atom stereocenters. The number of aromatic nitrogens is 2. The average Bonchev–Trinajstić information content (AvgIpc) is 2.62. The average molecular weight is 373 g/mol. The van der Waals surface area contributed by atoms with Crippen LogP contribution in [0.15, 0.2) is 35.6 Å². The molecule has 1 aliphatic rings. The second-order valence-electron chi connectivity index (χ2n) is 6.45. The number of ether oxygens (including phenoxy) is 2. The van der Waals surface area contributed by atoms with Crippen molar-refractivity contribution in [1.29, 1.82) is 0 Å². The van der Waals surface area contributed by atoms with E-state index in [-0.39, 0.29) is 17.8 Å². The largest absolute Gasteiger partial charge is 0.480 e. The van der Waals surface area contributed by atoms with Gasteiger partial charge in [0.1, 0.15) is 17.6 Å². The van der Waals surface area contributed by atoms with Gasteiger partial charge in [-0.3, -0.25) is 4.79 Å². The number of carbonyl (C=O) groups excluding carboxylic acids is 1. The highest BCUT2D eigenvalue weighted by Crippen LogP contribution is 2.37. The molecule has 2 aromatic rings. The Labute approximate surface area is 155 Å². The van der Waals surface area contributed by atoms with Crippen molar-refractivity contribution in [1.82, 2.24) is 9.97 Å². The Morgan fingerprint density at radius 2 is 2.19 bits per heavy atom. The molecule has 0 spiro atoms. The lowest BCUT2D eigenvalue weighted by Gasteiger charge is -2.34. The quantitative estimate of drug-likeness (QED) is 0.850. The van der Waals surface area contributed by atoms with Gasteiger partial charge in [-0.1, -0.05) is 0 Å². The zero-order chi connectivity index (χ0) is 19.6. The zero-order valence-electron chi connectivity index (χ0n) is 15.2. The minimum absolute atomic E-state index is 0.0126. The minimum Gasteiger partial charge on any atom is -0.480 e. The van der Waals surface area contributed by atoms with Gasteiger partial charge in [0, 0.05) is 17.7 Å². The molecule has 3 N–H and O–H groups in total. The zero-order valence-corrected chi connectivity index (χ0v) is 15.2. The number of carbonyl (C=O) groups is 1. The van der Waals surface area contributed by atoms with Gasteiger partial charge in [0.15, 0.2) is 0 Å². The number of aliphatic imine (C=N–C) groups is 1. The predicted octanol–water partition coefficient (Wildman–Crippen LogP) is 2.22. The molecule has 0 aliphatic carbocycles. The normalized spacial score (nSPS) is 21.8. The summed E-state index contributed by atoms with van der Waals surface area (Å²) in [6, 6.07) is 4.30. The highest BCUT2D eigenvalue weighted by Gasteiger charge is 2.36. The van der Waals surface area contributed by atoms with Crippen LogP contribution in [0, 0.1) is 5.82 Å². The smallest absolute Gasteiger partial charge is 0.283 e. The summed E-state index contributed by atoms with van der Waals surface area (Å²) in [5.74, 6) is -0.616. The van der Waals surface area contributed by atoms with Crippen molar-refractivity contribution < 1.29 is 18.7 Å². The van der Waals surface area contributed by atoms with Gasteiger partial charge in [0.2, 0.25) is 5.88 Å². The maximum Gasteiger partial charge on any atom is 0.283 e. The lowest BCUT2D eigenvalue weighted by atomic mass is 9.86. The number of anilines is 1. The fraction of sp³-hybridized carbons (Fsp3) is 0.333. The van der Waals surface area contributed by atoms with Crippen LogP contribution < -0.4 is 15.8 Å². The van der Waals surface area contributed by atoms with E-state index in [2.05, 4.69) is 20.3 Å². The first-order valence-corrected chi connectivity index (χ1v) is 8.30. The number of hydrogen-bond acceptors (Lipinski definition) is 7. The molecule has 0 saturated carbocycles. The van der Waals surface area contributed by atoms with E-state index < -0.39 is 17.3 Å². The van der Waals surface area contributed by atoms with Gasteiger partial charge < -0.3 is 20.5 Å². The first-order chi connectivity index (χ1) is 12.8. The van der Waals surface area contributed by atoms with Crippen molar-refractivity contribution in [3.8, 4) is 5.88 Å². The molecule has 0 saturated heterocycles. The molecule has 0 bridgehead atoms. The molecule has 0 radical (unpaired) electrons. The van der Waals surface area contributed by atoms with E-state index in [1.165, 1.54) is 31.6 Å². The SMILES string of the molecule is COc1cnc(C(=O)Nc2ccc(F)c([C@@]3(C)C[C@@H](C)OC(N)=N3)c2)cn1. The molecule has 1 aromatic carbocycles. The van der Waals surface area contributed by atoms with Crippen LogP contribution in [-0.2, 0) is 10.3 Å². The Morgan fingerprint density at radius 3 is 2.81 bits per heavy atom. The molecule has 2 heterocycles. The number of nitrogens with one attached hydrogen (secondary N) is 1. The van der Waals surface area contributed by atoms with Crippen molar-refractivity contribution in [3.05, 3.63) is 47.7 Å². The minimum atomic E-state index is -0.896. The third-order valence-corrected chi connectivity index (χ3v) is 4.24. The molecule has 1 aromatic heterocycles. The highest BCUT2D eigenvalue weighted by molar-refractivity contribution is 6.02. The van der Waals surface area contributed by atoms with Crippen molar-refractivity contribution in [2.75, 3.05) is 12.4 Å². The third kappa shape index (κ3) is 3.97. The van der Waals surface area contributed by atoms with Crippen molar-refractivity contribution in [2.24, 2.45) is 10.7 Å². The van der Waals surface area contributed by atoms with E-state index in [0.717, 1.165) is 0 Å². The summed E-state index contributed by atoms with van der Waals surface area (Å²) in [6.07, 6.45) is 2.88. The number of hydrogen-bond donors (Lipinski definition) is 2. The first kappa shape index (κ1) is 18.6. The first-order valence-electron chi connectivity index (χ1n) is 8.30. The Morgan fingerprint density at radius 1 is 1.41 bits per heavy atom. The summed E-state index contributed by atoms with van der Waals surface area (Å²) >= 11 is 0. The summed E-state index contributed by atoms with van der Waals surface area (Å²) < 4.78 is 24.7. The van der Waals surface area contributed by atoms with Crippen molar-refractivity contribution in [3.63, 3.8) is 0 Å². The Hall–Kier alpha value is -3.23. The van der Waals surface area contributed by atoms with E-state index in [1.807, 2.05) is 6.92 Å². The number of amides is 1. The molecule has 142 valence electrons. The van der Waals surface area contributed by atoms with Crippen LogP contribution >= 0.6 is 0 Å². The van der Waals surface area contributed by atoms with E-state index in [1.54, 1.807) is 13.0 Å². The van der Waals surface area contributed by atoms with Gasteiger partial charge >= 0.3 is 0 Å². The number of methoxy groups -OCH3 is 1. The Bertz CT molecular complexity index is 887. The molecule has 0 fully saturated rings. The fourth-order valence-electron chi connectivity index (χ4n) is 3.04. The molecule has 1 amide bonds. The second-order valence-corrected chi connectivity index (χ2v) is 6.45. The number of halogens is 1. The van der Waals surface area contributed by atoms with E-state index in [9.17, 15) is 9.18 Å². The number of benzene rings is 1. The van der Waals surface area contributed by atoms with Gasteiger partial charge in [-0.05, 0) is 32.0 Å². The van der Waals surface area contributed by atoms with Crippen LogP contribution in [0.3, 0.4) is 0 Å². The summed E-state index contributed by atoms with van der Waals surface area (Å²) in [4.78, 5) is 24.6. The van der Waals surface area contributed by atoms with Crippen molar-refractivity contribution >= 4 is 17.6 Å². The molecular formula is C18H20FN5O3. The van der Waals surface area contributed by atoms with Gasteiger partial charge in [-0.15, -0.1) is 0 Å². The maximum absolute atomic E-state index is 14.5. The topological polar surface area (TPSA) is 112 Å². The number of amidine groups is 1. The second kappa shape index (κ2) is 7.18. The monoisotopic (exact) mass is 373 g/mol. The lowest BCUT2D eigenvalue weighted by molar-refractivity contribution is 0.102. The van der Waals surface area contributed by atoms with E-state index in [4.69, 9.17) is 15.2 Å². The summed E-state index contributed by atoms with van der Waals surface area (Å²) in [5, 5.41) is 2.68. The van der Waals surface area contributed by atoms with Crippen LogP contribution in [-0.4, -0.2) is 35.1 Å². The van der Waals surface area contributed by atoms with Crippen LogP contribution in [0.2, 0.25) is 0 Å². The standard InChI is InChI=1S/C18H20FN5O3/c1-10-7-18(2,24-17(20)27-10)12-6-11(4-5-13(12)19)23-16(25)14-8-22-15(26-3)9-21-14/h4-6,8-10H,7H2,1-3H3,(H2,20,24)(H,23,25)/t10-,18-/m1/s1. The predicted molar refractivity (Wildman–Crippen MR) is 97.1 cm³/mol. The van der Waals surface area contributed by atoms with Crippen molar-refractivity contribution in [2.45, 2.75) is 31.9 Å². The molecule has 0 unspecified atom stereocenters. The number of nitrogens with two attached hydrogens (primary N) is 1. The number of rotatable bonds is 4. The Balaban J connectivity index is 1.87. The lowest BCUT2D eigenvalue weighted by Crippen LogP contribution is -2.38. The van der Waals surface area contributed by atoms with Gasteiger partial charge in [0.05, 0.1) is 25.0 Å². The molecule has 9 heteroatoms. The molecule has 27 heavy (non-hydrogen) atoms. The third-order valence-electron chi connectivity index (χ3n) is 4.24. The molecule has 1 aliphatic heterocycles. The van der Waals surface area contributed by atoms with Gasteiger partial charge in [-0.25, -0.2) is 19.4 Å². The van der Waals surface area contributed by atoms with Gasteiger partial charge in [0.25, 0.3) is 11.9 Å².